The van der Waals surface area contributed by atoms with Gasteiger partial charge in [0.2, 0.25) is 5.60 Å². The summed E-state index contributed by atoms with van der Waals surface area (Å²) >= 11 is 11.9. The minimum absolute atomic E-state index is 0.0342. The summed E-state index contributed by atoms with van der Waals surface area (Å²) in [6, 6.07) is 13.8. The molecule has 1 aliphatic heterocycles. The summed E-state index contributed by atoms with van der Waals surface area (Å²) in [7, 11) is 0. The molecule has 1 amide bonds. The Bertz CT molecular complexity index is 1320. The van der Waals surface area contributed by atoms with Crippen molar-refractivity contribution in [2.45, 2.75) is 25.6 Å². The highest BCUT2D eigenvalue weighted by molar-refractivity contribution is 6.34. The lowest BCUT2D eigenvalue weighted by molar-refractivity contribution is -0.269. The summed E-state index contributed by atoms with van der Waals surface area (Å²) in [5.74, 6) is -0.742. The molecule has 0 aliphatic carbocycles. The van der Waals surface area contributed by atoms with E-state index in [2.05, 4.69) is 5.48 Å². The summed E-state index contributed by atoms with van der Waals surface area (Å²) in [5, 5.41) is 0.0684. The number of alkyl halides is 3. The molecule has 0 fully saturated rings. The molecule has 1 heterocycles. The number of hydrogen-bond acceptors (Lipinski definition) is 3. The maximum Gasteiger partial charge on any atom is 0.428 e. The van der Waals surface area contributed by atoms with Crippen molar-refractivity contribution in [1.82, 2.24) is 5.48 Å². The number of anilines is 1. The van der Waals surface area contributed by atoms with Crippen molar-refractivity contribution >= 4 is 40.5 Å². The molecule has 1 aliphatic rings. The van der Waals surface area contributed by atoms with Gasteiger partial charge in [-0.2, -0.15) is 13.2 Å². The van der Waals surface area contributed by atoms with E-state index in [0.29, 0.717) is 28.9 Å². The number of nitrogens with zero attached hydrogens (tertiary/aromatic N) is 1. The van der Waals surface area contributed by atoms with Crippen molar-refractivity contribution in [3.63, 3.8) is 0 Å². The number of rotatable bonds is 5. The number of benzene rings is 3. The monoisotopic (exact) mass is 538 g/mol. The van der Waals surface area contributed by atoms with E-state index in [0.717, 1.165) is 18.2 Å². The number of amides is 1. The lowest BCUT2D eigenvalue weighted by atomic mass is 9.91. The molecule has 1 unspecified atom stereocenters. The highest BCUT2D eigenvalue weighted by atomic mass is 35.5. The molecule has 4 nitrogen and oxygen atoms in total. The van der Waals surface area contributed by atoms with Crippen LogP contribution in [-0.4, -0.2) is 18.6 Å². The Morgan fingerprint density at radius 1 is 1.03 bits per heavy atom. The first kappa shape index (κ1) is 26.0. The molecule has 0 aromatic heterocycles. The summed E-state index contributed by atoms with van der Waals surface area (Å²) in [6.07, 6.45) is -3.92. The topological polar surface area (TPSA) is 41.6 Å². The van der Waals surface area contributed by atoms with Gasteiger partial charge in [-0.1, -0.05) is 29.3 Å². The molecule has 10 heteroatoms. The van der Waals surface area contributed by atoms with Gasteiger partial charge in [0.15, 0.2) is 0 Å². The molecule has 188 valence electrons. The number of hydrogen-bond donors (Lipinski definition) is 1. The average molecular weight is 539 g/mol. The third-order valence-electron chi connectivity index (χ3n) is 5.85. The van der Waals surface area contributed by atoms with Gasteiger partial charge < -0.3 is 4.90 Å². The Morgan fingerprint density at radius 2 is 1.67 bits per heavy atom. The Morgan fingerprint density at radius 3 is 2.22 bits per heavy atom. The van der Waals surface area contributed by atoms with Gasteiger partial charge in [-0.25, -0.2) is 4.39 Å². The van der Waals surface area contributed by atoms with Gasteiger partial charge in [0.25, 0.3) is 5.91 Å². The maximum absolute atomic E-state index is 14.2. The van der Waals surface area contributed by atoms with Crippen molar-refractivity contribution in [1.29, 1.82) is 0 Å². The van der Waals surface area contributed by atoms with Gasteiger partial charge in [-0.05, 0) is 85.6 Å². The van der Waals surface area contributed by atoms with Crippen LogP contribution in [0.4, 0.5) is 23.2 Å². The zero-order valence-electron chi connectivity index (χ0n) is 19.1. The normalized spacial score (nSPS) is 17.5. The first-order valence-corrected chi connectivity index (χ1v) is 11.6. The van der Waals surface area contributed by atoms with Crippen molar-refractivity contribution in [3.8, 4) is 0 Å². The van der Waals surface area contributed by atoms with Crippen LogP contribution < -0.4 is 10.4 Å². The highest BCUT2D eigenvalue weighted by Gasteiger charge is 2.59. The fraction of sp³-hybridized carbons (Fsp3) is 0.192. The standard InChI is InChI=1S/C26H20Cl2F4N2O2/c1-3-34(21-7-5-20(29)6-8-21)24(35)22-9-4-16(10-15(22)2)23-14-25(36-33-23,26(30,31)32)17-11-18(27)13-19(28)12-17/h4-14,33H,3H2,1-2H3. The zero-order valence-corrected chi connectivity index (χ0v) is 20.6. The Kier molecular flexibility index (Phi) is 7.05. The van der Waals surface area contributed by atoms with Gasteiger partial charge in [-0.15, -0.1) is 0 Å². The van der Waals surface area contributed by atoms with E-state index in [1.807, 2.05) is 0 Å². The van der Waals surface area contributed by atoms with Gasteiger partial charge in [-0.3, -0.25) is 15.1 Å². The zero-order chi connectivity index (χ0) is 26.3. The van der Waals surface area contributed by atoms with Crippen LogP contribution in [0.15, 0.2) is 66.7 Å². The fourth-order valence-corrected chi connectivity index (χ4v) is 4.56. The molecule has 1 atom stereocenters. The highest BCUT2D eigenvalue weighted by Crippen LogP contribution is 2.48. The van der Waals surface area contributed by atoms with Crippen molar-refractivity contribution in [3.05, 3.63) is 105 Å². The second kappa shape index (κ2) is 9.76. The SMILES string of the molecule is CCN(C(=O)c1ccc(C2=CC(c3cc(Cl)cc(Cl)c3)(C(F)(F)F)ON2)cc1C)c1ccc(F)cc1. The van der Waals surface area contributed by atoms with Crippen LogP contribution in [0.5, 0.6) is 0 Å². The maximum atomic E-state index is 14.2. The Balaban J connectivity index is 1.69. The molecule has 3 aromatic carbocycles. The van der Waals surface area contributed by atoms with Crippen LogP contribution in [0, 0.1) is 12.7 Å². The van der Waals surface area contributed by atoms with Crippen LogP contribution in [-0.2, 0) is 10.4 Å². The van der Waals surface area contributed by atoms with Crippen molar-refractivity contribution < 1.29 is 27.2 Å². The van der Waals surface area contributed by atoms with Crippen molar-refractivity contribution in [2.24, 2.45) is 0 Å². The largest absolute Gasteiger partial charge is 0.428 e. The molecule has 3 aromatic rings. The second-order valence-corrected chi connectivity index (χ2v) is 9.08. The summed E-state index contributed by atoms with van der Waals surface area (Å²) in [4.78, 5) is 19.8. The molecule has 0 saturated heterocycles. The van der Waals surface area contributed by atoms with E-state index in [1.165, 1.54) is 47.4 Å². The number of hydroxylamine groups is 1. The second-order valence-electron chi connectivity index (χ2n) is 8.21. The van der Waals surface area contributed by atoms with Gasteiger partial charge in [0.1, 0.15) is 5.82 Å². The first-order chi connectivity index (χ1) is 16.9. The van der Waals surface area contributed by atoms with E-state index >= 15 is 0 Å². The van der Waals surface area contributed by atoms with Crippen LogP contribution in [0.25, 0.3) is 5.70 Å². The van der Waals surface area contributed by atoms with E-state index in [4.69, 9.17) is 28.0 Å². The number of aryl methyl sites for hydroxylation is 1. The molecule has 0 radical (unpaired) electrons. The Hall–Kier alpha value is -3.07. The summed E-state index contributed by atoms with van der Waals surface area (Å²) in [6.45, 7) is 3.80. The smallest absolute Gasteiger partial charge is 0.309 e. The summed E-state index contributed by atoms with van der Waals surface area (Å²) < 4.78 is 56.0. The molecule has 0 bridgehead atoms. The molecular formula is C26H20Cl2F4N2O2. The summed E-state index contributed by atoms with van der Waals surface area (Å²) in [5.41, 5.74) is 1.14. The number of nitrogens with one attached hydrogen (secondary N) is 1. The minimum atomic E-state index is -4.84. The predicted molar refractivity (Wildman–Crippen MR) is 131 cm³/mol. The van der Waals surface area contributed by atoms with E-state index < -0.39 is 17.6 Å². The molecule has 1 N–H and O–H groups in total. The predicted octanol–water partition coefficient (Wildman–Crippen LogP) is 7.44. The number of halogens is 6. The van der Waals surface area contributed by atoms with E-state index in [1.54, 1.807) is 19.9 Å². The van der Waals surface area contributed by atoms with Crippen LogP contribution in [0.3, 0.4) is 0 Å². The average Bonchev–Trinajstić information content (AvgIpc) is 3.27. The lowest BCUT2D eigenvalue weighted by Crippen LogP contribution is -2.42. The van der Waals surface area contributed by atoms with Crippen molar-refractivity contribution in [2.75, 3.05) is 11.4 Å². The van der Waals surface area contributed by atoms with Crippen LogP contribution in [0.1, 0.15) is 34.0 Å². The van der Waals surface area contributed by atoms with Gasteiger partial charge in [0.05, 0.1) is 5.70 Å². The minimum Gasteiger partial charge on any atom is -0.309 e. The van der Waals surface area contributed by atoms with Gasteiger partial charge >= 0.3 is 6.18 Å². The third kappa shape index (κ3) is 4.81. The number of carbonyl (C=O) groups is 1. The molecule has 0 spiro atoms. The first-order valence-electron chi connectivity index (χ1n) is 10.8. The molecule has 36 heavy (non-hydrogen) atoms. The molecular weight excluding hydrogens is 519 g/mol. The lowest BCUT2D eigenvalue weighted by Gasteiger charge is -2.28. The fourth-order valence-electron chi connectivity index (χ4n) is 4.03. The van der Waals surface area contributed by atoms with Gasteiger partial charge in [0, 0.05) is 33.4 Å². The van der Waals surface area contributed by atoms with E-state index in [-0.39, 0.29) is 27.2 Å². The van der Waals surface area contributed by atoms with E-state index in [9.17, 15) is 22.4 Å². The third-order valence-corrected chi connectivity index (χ3v) is 6.29. The number of carbonyl (C=O) groups excluding carboxylic acids is 1. The molecule has 4 rings (SSSR count). The quantitative estimate of drug-likeness (QED) is 0.343. The van der Waals surface area contributed by atoms with Crippen LogP contribution in [0.2, 0.25) is 10.0 Å². The van der Waals surface area contributed by atoms with Crippen LogP contribution >= 0.6 is 23.2 Å². The Labute approximate surface area is 215 Å². The molecule has 0 saturated carbocycles.